The van der Waals surface area contributed by atoms with Gasteiger partial charge >= 0.3 is 0 Å². The molecule has 0 aliphatic rings. The van der Waals surface area contributed by atoms with Crippen molar-refractivity contribution in [2.24, 2.45) is 0 Å². The van der Waals surface area contributed by atoms with Gasteiger partial charge in [0.1, 0.15) is 5.82 Å². The van der Waals surface area contributed by atoms with Gasteiger partial charge in [-0.05, 0) is 17.7 Å². The Bertz CT molecular complexity index is 379. The standard InChI is InChI=1S/C10H11N3/c11-9-3-1-2-8(6-9)7-10-12-4-5-13-10/h1-6H,7,11H2,(H,12,13). The van der Waals surface area contributed by atoms with Crippen molar-refractivity contribution in [1.29, 1.82) is 0 Å². The first-order valence-corrected chi connectivity index (χ1v) is 4.17. The Morgan fingerprint density at radius 2 is 2.31 bits per heavy atom. The van der Waals surface area contributed by atoms with Gasteiger partial charge in [0.25, 0.3) is 0 Å². The number of nitrogens with one attached hydrogen (secondary N) is 1. The largest absolute Gasteiger partial charge is 0.399 e. The third kappa shape index (κ3) is 1.87. The molecule has 66 valence electrons. The van der Waals surface area contributed by atoms with E-state index < -0.39 is 0 Å². The Morgan fingerprint density at radius 1 is 1.38 bits per heavy atom. The van der Waals surface area contributed by atoms with Crippen LogP contribution in [0.15, 0.2) is 36.7 Å². The molecule has 0 aliphatic carbocycles. The molecular weight excluding hydrogens is 162 g/mol. The van der Waals surface area contributed by atoms with Crippen molar-refractivity contribution in [3.05, 3.63) is 48.0 Å². The topological polar surface area (TPSA) is 54.7 Å². The van der Waals surface area contributed by atoms with E-state index in [0.29, 0.717) is 0 Å². The fourth-order valence-electron chi connectivity index (χ4n) is 1.29. The van der Waals surface area contributed by atoms with Crippen LogP contribution in [0.5, 0.6) is 0 Å². The summed E-state index contributed by atoms with van der Waals surface area (Å²) in [4.78, 5) is 7.20. The molecule has 3 heteroatoms. The third-order valence-corrected chi connectivity index (χ3v) is 1.88. The summed E-state index contributed by atoms with van der Waals surface area (Å²) in [7, 11) is 0. The molecule has 0 spiro atoms. The quantitative estimate of drug-likeness (QED) is 0.677. The van der Waals surface area contributed by atoms with Crippen molar-refractivity contribution < 1.29 is 0 Å². The second-order valence-corrected chi connectivity index (χ2v) is 2.96. The molecule has 0 aliphatic heterocycles. The summed E-state index contributed by atoms with van der Waals surface area (Å²) in [6.45, 7) is 0. The van der Waals surface area contributed by atoms with E-state index in [1.165, 1.54) is 5.56 Å². The first-order chi connectivity index (χ1) is 6.34. The van der Waals surface area contributed by atoms with Crippen molar-refractivity contribution in [3.8, 4) is 0 Å². The van der Waals surface area contributed by atoms with Crippen LogP contribution in [-0.4, -0.2) is 9.97 Å². The van der Waals surface area contributed by atoms with Crippen molar-refractivity contribution in [2.45, 2.75) is 6.42 Å². The Balaban J connectivity index is 2.19. The van der Waals surface area contributed by atoms with Gasteiger partial charge in [-0.2, -0.15) is 0 Å². The normalized spacial score (nSPS) is 10.2. The molecular formula is C10H11N3. The lowest BCUT2D eigenvalue weighted by atomic mass is 10.1. The summed E-state index contributed by atoms with van der Waals surface area (Å²) in [5, 5.41) is 0. The highest BCUT2D eigenvalue weighted by atomic mass is 14.9. The predicted molar refractivity (Wildman–Crippen MR) is 52.2 cm³/mol. The molecule has 0 radical (unpaired) electrons. The Morgan fingerprint density at radius 3 is 3.00 bits per heavy atom. The molecule has 3 nitrogen and oxygen atoms in total. The molecule has 0 unspecified atom stereocenters. The van der Waals surface area contributed by atoms with Crippen LogP contribution in [0, 0.1) is 0 Å². The van der Waals surface area contributed by atoms with E-state index in [4.69, 9.17) is 5.73 Å². The maximum Gasteiger partial charge on any atom is 0.110 e. The molecule has 0 saturated heterocycles. The van der Waals surface area contributed by atoms with Gasteiger partial charge in [0.15, 0.2) is 0 Å². The maximum atomic E-state index is 5.66. The fraction of sp³-hybridized carbons (Fsp3) is 0.100. The smallest absolute Gasteiger partial charge is 0.110 e. The Hall–Kier alpha value is -1.77. The van der Waals surface area contributed by atoms with E-state index in [2.05, 4.69) is 9.97 Å². The molecule has 0 saturated carbocycles. The van der Waals surface area contributed by atoms with E-state index in [9.17, 15) is 0 Å². The molecule has 3 N–H and O–H groups in total. The molecule has 0 fully saturated rings. The van der Waals surface area contributed by atoms with E-state index in [1.807, 2.05) is 30.5 Å². The van der Waals surface area contributed by atoms with Crippen molar-refractivity contribution in [2.75, 3.05) is 5.73 Å². The minimum absolute atomic E-state index is 0.795. The number of hydrogen-bond donors (Lipinski definition) is 2. The zero-order valence-corrected chi connectivity index (χ0v) is 7.20. The fourth-order valence-corrected chi connectivity index (χ4v) is 1.29. The van der Waals surface area contributed by atoms with Gasteiger partial charge in [0.05, 0.1) is 0 Å². The van der Waals surface area contributed by atoms with Gasteiger partial charge in [0, 0.05) is 24.5 Å². The van der Waals surface area contributed by atoms with Crippen molar-refractivity contribution in [1.82, 2.24) is 9.97 Å². The van der Waals surface area contributed by atoms with E-state index in [-0.39, 0.29) is 0 Å². The number of H-pyrrole nitrogens is 1. The highest BCUT2D eigenvalue weighted by Gasteiger charge is 1.97. The van der Waals surface area contributed by atoms with Crippen molar-refractivity contribution in [3.63, 3.8) is 0 Å². The lowest BCUT2D eigenvalue weighted by molar-refractivity contribution is 1.03. The average molecular weight is 173 g/mol. The molecule has 0 bridgehead atoms. The second-order valence-electron chi connectivity index (χ2n) is 2.96. The lowest BCUT2D eigenvalue weighted by Gasteiger charge is -1.99. The lowest BCUT2D eigenvalue weighted by Crippen LogP contribution is -1.92. The summed E-state index contributed by atoms with van der Waals surface area (Å²) in [6, 6.07) is 7.83. The van der Waals surface area contributed by atoms with E-state index >= 15 is 0 Å². The highest BCUT2D eigenvalue weighted by Crippen LogP contribution is 2.09. The first-order valence-electron chi connectivity index (χ1n) is 4.17. The summed E-state index contributed by atoms with van der Waals surface area (Å²) in [5.74, 6) is 0.964. The van der Waals surface area contributed by atoms with Crippen LogP contribution < -0.4 is 5.73 Å². The average Bonchev–Trinajstić information content (AvgIpc) is 2.57. The van der Waals surface area contributed by atoms with Crippen LogP contribution in [0.3, 0.4) is 0 Å². The Kier molecular flexibility index (Phi) is 2.00. The number of imidazole rings is 1. The number of hydrogen-bond acceptors (Lipinski definition) is 2. The van der Waals surface area contributed by atoms with Gasteiger partial charge < -0.3 is 10.7 Å². The van der Waals surface area contributed by atoms with E-state index in [0.717, 1.165) is 17.9 Å². The number of nitrogens with two attached hydrogens (primary N) is 1. The van der Waals surface area contributed by atoms with Crippen LogP contribution >= 0.6 is 0 Å². The van der Waals surface area contributed by atoms with Crippen molar-refractivity contribution >= 4 is 5.69 Å². The van der Waals surface area contributed by atoms with Gasteiger partial charge in [0.2, 0.25) is 0 Å². The zero-order chi connectivity index (χ0) is 9.10. The van der Waals surface area contributed by atoms with E-state index in [1.54, 1.807) is 6.20 Å². The SMILES string of the molecule is Nc1cccc(Cc2ncc[nH]2)c1. The number of anilines is 1. The van der Waals surface area contributed by atoms with Crippen LogP contribution in [0.1, 0.15) is 11.4 Å². The third-order valence-electron chi connectivity index (χ3n) is 1.88. The minimum Gasteiger partial charge on any atom is -0.399 e. The molecule has 13 heavy (non-hydrogen) atoms. The molecule has 0 atom stereocenters. The molecule has 1 aromatic heterocycles. The predicted octanol–water partition coefficient (Wildman–Crippen LogP) is 1.58. The van der Waals surface area contributed by atoms with Crippen LogP contribution in [0.25, 0.3) is 0 Å². The molecule has 0 amide bonds. The number of nitrogen functional groups attached to an aromatic ring is 1. The van der Waals surface area contributed by atoms with Crippen LogP contribution in [-0.2, 0) is 6.42 Å². The number of nitrogens with zero attached hydrogens (tertiary/aromatic N) is 1. The summed E-state index contributed by atoms with van der Waals surface area (Å²) >= 11 is 0. The number of aromatic amines is 1. The molecule has 1 heterocycles. The van der Waals surface area contributed by atoms with Crippen LogP contribution in [0.2, 0.25) is 0 Å². The van der Waals surface area contributed by atoms with Gasteiger partial charge in [-0.3, -0.25) is 0 Å². The van der Waals surface area contributed by atoms with Gasteiger partial charge in [-0.15, -0.1) is 0 Å². The van der Waals surface area contributed by atoms with Gasteiger partial charge in [-0.25, -0.2) is 4.98 Å². The molecule has 2 aromatic rings. The maximum absolute atomic E-state index is 5.66. The number of rotatable bonds is 2. The summed E-state index contributed by atoms with van der Waals surface area (Å²) < 4.78 is 0. The molecule has 2 rings (SSSR count). The highest BCUT2D eigenvalue weighted by molar-refractivity contribution is 5.41. The zero-order valence-electron chi connectivity index (χ0n) is 7.20. The number of aromatic nitrogens is 2. The minimum atomic E-state index is 0.795. The number of benzene rings is 1. The second kappa shape index (κ2) is 3.31. The Labute approximate surface area is 76.6 Å². The van der Waals surface area contributed by atoms with Crippen LogP contribution in [0.4, 0.5) is 5.69 Å². The summed E-state index contributed by atoms with van der Waals surface area (Å²) in [5.41, 5.74) is 7.63. The first kappa shape index (κ1) is 7.86. The van der Waals surface area contributed by atoms with Gasteiger partial charge in [-0.1, -0.05) is 12.1 Å². The molecule has 1 aromatic carbocycles. The summed E-state index contributed by atoms with van der Waals surface area (Å²) in [6.07, 6.45) is 4.38. The monoisotopic (exact) mass is 173 g/mol.